The minimum absolute atomic E-state index is 0.150. The highest BCUT2D eigenvalue weighted by atomic mass is 19.1. The molecular formula is C28H32FN3O3. The zero-order valence-electron chi connectivity index (χ0n) is 20.5. The number of halogens is 1. The largest absolute Gasteiger partial charge is 0.466 e. The zero-order valence-corrected chi connectivity index (χ0v) is 20.5. The van der Waals surface area contributed by atoms with Crippen LogP contribution in [-0.2, 0) is 16.1 Å². The first kappa shape index (κ1) is 24.6. The molecule has 0 aliphatic heterocycles. The first-order valence-corrected chi connectivity index (χ1v) is 12.1. The minimum atomic E-state index is -0.323. The third kappa shape index (κ3) is 6.15. The zero-order chi connectivity index (χ0) is 25.0. The molecule has 0 bridgehead atoms. The van der Waals surface area contributed by atoms with Crippen LogP contribution in [0.15, 0.2) is 54.7 Å². The molecule has 1 N–H and O–H groups in total. The standard InChI is InChI=1S/C28H32FN3O3/c1-4-35-26(33)11-12-30-27(34)20-7-5-19(6-8-20)18-32(24-15-28(2,3)16-24)23-13-21-9-10-22(29)14-25(21)31-17-23/h5-10,13-14,17,24H,4,11-12,15-16,18H2,1-3H3,(H,30,34). The molecule has 0 unspecified atom stereocenters. The average Bonchev–Trinajstić information content (AvgIpc) is 2.81. The van der Waals surface area contributed by atoms with E-state index in [9.17, 15) is 14.0 Å². The van der Waals surface area contributed by atoms with E-state index in [2.05, 4.69) is 35.1 Å². The number of benzene rings is 2. The number of hydrogen-bond acceptors (Lipinski definition) is 5. The van der Waals surface area contributed by atoms with Crippen molar-refractivity contribution in [2.24, 2.45) is 5.41 Å². The summed E-state index contributed by atoms with van der Waals surface area (Å²) in [5.41, 5.74) is 3.58. The van der Waals surface area contributed by atoms with Crippen LogP contribution in [0.3, 0.4) is 0 Å². The maximum Gasteiger partial charge on any atom is 0.307 e. The summed E-state index contributed by atoms with van der Waals surface area (Å²) < 4.78 is 18.5. The van der Waals surface area contributed by atoms with E-state index in [1.165, 1.54) is 12.1 Å². The number of rotatable bonds is 9. The molecule has 1 aliphatic rings. The Balaban J connectivity index is 1.46. The molecular weight excluding hydrogens is 445 g/mol. The number of nitrogens with zero attached hydrogens (tertiary/aromatic N) is 2. The van der Waals surface area contributed by atoms with E-state index in [0.29, 0.717) is 35.7 Å². The maximum absolute atomic E-state index is 13.6. The Kier molecular flexibility index (Phi) is 7.34. The number of nitrogens with one attached hydrogen (secondary N) is 1. The third-order valence-corrected chi connectivity index (χ3v) is 6.47. The molecule has 1 aliphatic carbocycles. The van der Waals surface area contributed by atoms with Gasteiger partial charge in [0.2, 0.25) is 0 Å². The van der Waals surface area contributed by atoms with Crippen LogP contribution in [0.2, 0.25) is 0 Å². The molecule has 2 aromatic carbocycles. The van der Waals surface area contributed by atoms with Gasteiger partial charge in [0.1, 0.15) is 5.82 Å². The topological polar surface area (TPSA) is 71.5 Å². The van der Waals surface area contributed by atoms with Crippen molar-refractivity contribution in [3.8, 4) is 0 Å². The number of fused-ring (bicyclic) bond motifs is 1. The van der Waals surface area contributed by atoms with Crippen molar-refractivity contribution >= 4 is 28.5 Å². The second-order valence-corrected chi connectivity index (χ2v) is 9.89. The second-order valence-electron chi connectivity index (χ2n) is 9.89. The molecule has 4 rings (SSSR count). The molecule has 35 heavy (non-hydrogen) atoms. The Morgan fingerprint density at radius 1 is 1.14 bits per heavy atom. The van der Waals surface area contributed by atoms with Gasteiger partial charge in [-0.1, -0.05) is 26.0 Å². The highest BCUT2D eigenvalue weighted by Crippen LogP contribution is 2.44. The Hall–Kier alpha value is -3.48. The van der Waals surface area contributed by atoms with E-state index in [1.54, 1.807) is 25.1 Å². The van der Waals surface area contributed by atoms with Crippen LogP contribution in [0.5, 0.6) is 0 Å². The summed E-state index contributed by atoms with van der Waals surface area (Å²) in [6, 6.07) is 14.7. The molecule has 0 spiro atoms. The van der Waals surface area contributed by atoms with E-state index in [0.717, 1.165) is 29.5 Å². The number of hydrogen-bond donors (Lipinski definition) is 1. The molecule has 3 aromatic rings. The van der Waals surface area contributed by atoms with Crippen molar-refractivity contribution in [1.29, 1.82) is 0 Å². The summed E-state index contributed by atoms with van der Waals surface area (Å²) in [6.07, 6.45) is 4.13. The fourth-order valence-corrected chi connectivity index (χ4v) is 4.68. The first-order valence-electron chi connectivity index (χ1n) is 12.1. The van der Waals surface area contributed by atoms with Gasteiger partial charge in [-0.3, -0.25) is 14.6 Å². The average molecular weight is 478 g/mol. The molecule has 0 saturated heterocycles. The molecule has 0 radical (unpaired) electrons. The van der Waals surface area contributed by atoms with Gasteiger partial charge < -0.3 is 15.0 Å². The van der Waals surface area contributed by atoms with Crippen LogP contribution in [-0.4, -0.2) is 36.1 Å². The van der Waals surface area contributed by atoms with Gasteiger partial charge in [-0.2, -0.15) is 0 Å². The second kappa shape index (κ2) is 10.4. The van der Waals surface area contributed by atoms with Crippen LogP contribution in [0.4, 0.5) is 10.1 Å². The van der Waals surface area contributed by atoms with Crippen LogP contribution in [0.25, 0.3) is 10.9 Å². The molecule has 1 heterocycles. The van der Waals surface area contributed by atoms with Crippen molar-refractivity contribution in [2.45, 2.75) is 52.6 Å². The number of carbonyl (C=O) groups excluding carboxylic acids is 2. The van der Waals surface area contributed by atoms with E-state index >= 15 is 0 Å². The molecule has 6 nitrogen and oxygen atoms in total. The van der Waals surface area contributed by atoms with Gasteiger partial charge in [-0.25, -0.2) is 4.39 Å². The quantitative estimate of drug-likeness (QED) is 0.426. The van der Waals surface area contributed by atoms with E-state index < -0.39 is 0 Å². The van der Waals surface area contributed by atoms with Crippen molar-refractivity contribution in [3.63, 3.8) is 0 Å². The van der Waals surface area contributed by atoms with Gasteiger partial charge in [0.25, 0.3) is 5.91 Å². The van der Waals surface area contributed by atoms with Gasteiger partial charge in [0.05, 0.1) is 30.4 Å². The maximum atomic E-state index is 13.6. The lowest BCUT2D eigenvalue weighted by Crippen LogP contribution is -2.48. The van der Waals surface area contributed by atoms with E-state index in [1.807, 2.05) is 18.3 Å². The minimum Gasteiger partial charge on any atom is -0.466 e. The van der Waals surface area contributed by atoms with Crippen molar-refractivity contribution < 1.29 is 18.7 Å². The Labute approximate surface area is 205 Å². The van der Waals surface area contributed by atoms with Gasteiger partial charge in [0, 0.05) is 36.1 Å². The van der Waals surface area contributed by atoms with Crippen molar-refractivity contribution in [2.75, 3.05) is 18.1 Å². The molecule has 1 amide bonds. The number of carbonyl (C=O) groups is 2. The number of pyridine rings is 1. The number of ether oxygens (including phenoxy) is 1. The highest BCUT2D eigenvalue weighted by molar-refractivity contribution is 5.94. The summed E-state index contributed by atoms with van der Waals surface area (Å²) in [5, 5.41) is 3.66. The van der Waals surface area contributed by atoms with E-state index in [-0.39, 0.29) is 30.7 Å². The third-order valence-electron chi connectivity index (χ3n) is 6.47. The van der Waals surface area contributed by atoms with Gasteiger partial charge in [-0.05, 0) is 61.1 Å². The fourth-order valence-electron chi connectivity index (χ4n) is 4.68. The van der Waals surface area contributed by atoms with Crippen LogP contribution < -0.4 is 10.2 Å². The molecule has 1 aromatic heterocycles. The summed E-state index contributed by atoms with van der Waals surface area (Å²) in [4.78, 5) is 30.7. The van der Waals surface area contributed by atoms with Crippen LogP contribution in [0.1, 0.15) is 56.0 Å². The molecule has 1 fully saturated rings. The van der Waals surface area contributed by atoms with Gasteiger partial charge in [-0.15, -0.1) is 0 Å². The lowest BCUT2D eigenvalue weighted by molar-refractivity contribution is -0.142. The summed E-state index contributed by atoms with van der Waals surface area (Å²) >= 11 is 0. The smallest absolute Gasteiger partial charge is 0.307 e. The Bertz CT molecular complexity index is 1200. The monoisotopic (exact) mass is 477 g/mol. The fraction of sp³-hybridized carbons (Fsp3) is 0.393. The SMILES string of the molecule is CCOC(=O)CCNC(=O)c1ccc(CN(c2cnc3cc(F)ccc3c2)C2CC(C)(C)C2)cc1. The Morgan fingerprint density at radius 3 is 2.57 bits per heavy atom. The van der Waals surface area contributed by atoms with Gasteiger partial charge in [0.15, 0.2) is 0 Å². The molecule has 184 valence electrons. The normalized spacial score (nSPS) is 14.9. The molecule has 0 atom stereocenters. The number of amides is 1. The molecule has 7 heteroatoms. The van der Waals surface area contributed by atoms with Crippen molar-refractivity contribution in [3.05, 3.63) is 71.7 Å². The summed E-state index contributed by atoms with van der Waals surface area (Å²) in [7, 11) is 0. The van der Waals surface area contributed by atoms with Crippen molar-refractivity contribution in [1.82, 2.24) is 10.3 Å². The summed E-state index contributed by atoms with van der Waals surface area (Å²) in [6.45, 7) is 7.56. The first-order chi connectivity index (χ1) is 16.7. The lowest BCUT2D eigenvalue weighted by Gasteiger charge is -2.49. The predicted octanol–water partition coefficient (Wildman–Crippen LogP) is 5.25. The van der Waals surface area contributed by atoms with Crippen LogP contribution in [0, 0.1) is 11.2 Å². The number of esters is 1. The Morgan fingerprint density at radius 2 is 1.89 bits per heavy atom. The lowest BCUT2D eigenvalue weighted by atomic mass is 9.67. The van der Waals surface area contributed by atoms with E-state index in [4.69, 9.17) is 4.74 Å². The highest BCUT2D eigenvalue weighted by Gasteiger charge is 2.39. The summed E-state index contributed by atoms with van der Waals surface area (Å²) in [5.74, 6) is -0.833. The predicted molar refractivity (Wildman–Crippen MR) is 135 cm³/mol. The van der Waals surface area contributed by atoms with Gasteiger partial charge >= 0.3 is 5.97 Å². The number of aromatic nitrogens is 1. The number of anilines is 1. The molecule has 1 saturated carbocycles. The van der Waals surface area contributed by atoms with Crippen LogP contribution >= 0.6 is 0 Å².